The van der Waals surface area contributed by atoms with E-state index in [1.54, 1.807) is 0 Å². The summed E-state index contributed by atoms with van der Waals surface area (Å²) in [5.74, 6) is 2.35. The Morgan fingerprint density at radius 1 is 1.19 bits per heavy atom. The highest BCUT2D eigenvalue weighted by molar-refractivity contribution is 5.78. The first-order valence-corrected chi connectivity index (χ1v) is 6.08. The van der Waals surface area contributed by atoms with Gasteiger partial charge in [-0.3, -0.25) is 0 Å². The largest absolute Gasteiger partial charge is 0.459 e. The van der Waals surface area contributed by atoms with Crippen molar-refractivity contribution in [1.29, 1.82) is 0 Å². The highest BCUT2D eigenvalue weighted by Gasteiger charge is 2.66. The summed E-state index contributed by atoms with van der Waals surface area (Å²) in [5, 5.41) is 1.17. The van der Waals surface area contributed by atoms with Gasteiger partial charge >= 0.3 is 0 Å². The zero-order valence-electron chi connectivity index (χ0n) is 9.15. The Labute approximate surface area is 94.4 Å². The molecule has 16 heavy (non-hydrogen) atoms. The second kappa shape index (κ2) is 2.69. The summed E-state index contributed by atoms with van der Waals surface area (Å²) in [6.45, 7) is 0. The molecular formula is C14H15NO. The predicted molar refractivity (Wildman–Crippen MR) is 62.9 cm³/mol. The molecule has 0 spiro atoms. The van der Waals surface area contributed by atoms with Crippen molar-refractivity contribution in [3.05, 3.63) is 36.1 Å². The van der Waals surface area contributed by atoms with Crippen LogP contribution >= 0.6 is 0 Å². The first-order valence-electron chi connectivity index (χ1n) is 6.08. The molecule has 2 saturated carbocycles. The minimum atomic E-state index is -0.142. The molecule has 2 atom stereocenters. The Kier molecular flexibility index (Phi) is 1.48. The van der Waals surface area contributed by atoms with Gasteiger partial charge in [0.1, 0.15) is 11.3 Å². The molecule has 2 unspecified atom stereocenters. The minimum Gasteiger partial charge on any atom is -0.459 e. The van der Waals surface area contributed by atoms with Gasteiger partial charge in [0, 0.05) is 5.39 Å². The van der Waals surface area contributed by atoms with E-state index in [0.29, 0.717) is 11.8 Å². The quantitative estimate of drug-likeness (QED) is 0.790. The van der Waals surface area contributed by atoms with E-state index in [0.717, 1.165) is 11.3 Å². The summed E-state index contributed by atoms with van der Waals surface area (Å²) in [4.78, 5) is 0. The number of benzene rings is 1. The number of fused-ring (bicyclic) bond motifs is 2. The van der Waals surface area contributed by atoms with Gasteiger partial charge in [0.05, 0.1) is 5.54 Å². The molecule has 2 aliphatic carbocycles. The van der Waals surface area contributed by atoms with E-state index in [1.165, 1.54) is 24.6 Å². The molecule has 2 heteroatoms. The van der Waals surface area contributed by atoms with Crippen molar-refractivity contribution in [2.24, 2.45) is 17.6 Å². The monoisotopic (exact) mass is 213 g/mol. The molecule has 4 rings (SSSR count). The molecule has 1 aromatic heterocycles. The number of para-hydroxylation sites is 1. The number of hydrogen-bond donors (Lipinski definition) is 1. The van der Waals surface area contributed by atoms with Crippen molar-refractivity contribution in [3.63, 3.8) is 0 Å². The zero-order valence-corrected chi connectivity index (χ0v) is 9.15. The molecule has 82 valence electrons. The minimum absolute atomic E-state index is 0.142. The molecule has 0 amide bonds. The number of rotatable bonds is 1. The molecule has 0 saturated heterocycles. The van der Waals surface area contributed by atoms with Gasteiger partial charge < -0.3 is 10.2 Å². The van der Waals surface area contributed by atoms with Crippen LogP contribution < -0.4 is 5.73 Å². The normalized spacial score (nSPS) is 36.6. The van der Waals surface area contributed by atoms with Crippen LogP contribution in [-0.4, -0.2) is 0 Å². The van der Waals surface area contributed by atoms with Gasteiger partial charge in [-0.2, -0.15) is 0 Å². The van der Waals surface area contributed by atoms with Crippen LogP contribution in [0.15, 0.2) is 34.7 Å². The molecule has 2 N–H and O–H groups in total. The van der Waals surface area contributed by atoms with Crippen molar-refractivity contribution in [2.75, 3.05) is 0 Å². The topological polar surface area (TPSA) is 39.2 Å². The summed E-state index contributed by atoms with van der Waals surface area (Å²) in [6, 6.07) is 10.3. The van der Waals surface area contributed by atoms with E-state index >= 15 is 0 Å². The Balaban J connectivity index is 1.83. The Bertz CT molecular complexity index is 514. The summed E-state index contributed by atoms with van der Waals surface area (Å²) in [5.41, 5.74) is 7.31. The van der Waals surface area contributed by atoms with Crippen molar-refractivity contribution in [3.8, 4) is 0 Å². The highest BCUT2D eigenvalue weighted by atomic mass is 16.3. The fraction of sp³-hybridized carbons (Fsp3) is 0.429. The lowest BCUT2D eigenvalue weighted by atomic mass is 10.0. The third-order valence-electron chi connectivity index (χ3n) is 4.49. The molecule has 1 heterocycles. The second-order valence-electron chi connectivity index (χ2n) is 5.23. The van der Waals surface area contributed by atoms with Gasteiger partial charge in [-0.1, -0.05) is 24.6 Å². The van der Waals surface area contributed by atoms with Crippen LogP contribution in [0.2, 0.25) is 0 Å². The maximum absolute atomic E-state index is 6.49. The third-order valence-corrected chi connectivity index (χ3v) is 4.49. The predicted octanol–water partition coefficient (Wildman–Crippen LogP) is 3.02. The molecule has 2 nitrogen and oxygen atoms in total. The fourth-order valence-corrected chi connectivity index (χ4v) is 3.56. The first kappa shape index (κ1) is 8.82. The van der Waals surface area contributed by atoms with Crippen molar-refractivity contribution in [2.45, 2.75) is 24.8 Å². The summed E-state index contributed by atoms with van der Waals surface area (Å²) < 4.78 is 5.91. The average Bonchev–Trinajstić information content (AvgIpc) is 2.80. The molecule has 2 aromatic rings. The Morgan fingerprint density at radius 2 is 1.94 bits per heavy atom. The van der Waals surface area contributed by atoms with E-state index in [-0.39, 0.29) is 5.54 Å². The van der Waals surface area contributed by atoms with Crippen molar-refractivity contribution in [1.82, 2.24) is 0 Å². The third kappa shape index (κ3) is 0.914. The molecule has 1 aromatic carbocycles. The van der Waals surface area contributed by atoms with Gasteiger partial charge in [-0.05, 0) is 36.8 Å². The molecule has 2 aliphatic rings. The van der Waals surface area contributed by atoms with E-state index in [4.69, 9.17) is 10.2 Å². The van der Waals surface area contributed by atoms with E-state index in [2.05, 4.69) is 12.1 Å². The number of furan rings is 1. The average molecular weight is 213 g/mol. The van der Waals surface area contributed by atoms with Gasteiger partial charge in [0.2, 0.25) is 0 Å². The van der Waals surface area contributed by atoms with Crippen LogP contribution in [0, 0.1) is 11.8 Å². The SMILES string of the molecule is NC1(c2cc3ccccc3o2)C2CCCC21. The Morgan fingerprint density at radius 3 is 2.69 bits per heavy atom. The number of hydrogen-bond acceptors (Lipinski definition) is 2. The lowest BCUT2D eigenvalue weighted by Gasteiger charge is -2.11. The lowest BCUT2D eigenvalue weighted by Crippen LogP contribution is -2.24. The van der Waals surface area contributed by atoms with Crippen molar-refractivity contribution < 1.29 is 4.42 Å². The van der Waals surface area contributed by atoms with Crippen LogP contribution in [0.4, 0.5) is 0 Å². The molecular weight excluding hydrogens is 198 g/mol. The summed E-state index contributed by atoms with van der Waals surface area (Å²) in [6.07, 6.45) is 3.89. The summed E-state index contributed by atoms with van der Waals surface area (Å²) in [7, 11) is 0. The Hall–Kier alpha value is -1.28. The van der Waals surface area contributed by atoms with E-state index in [1.807, 2.05) is 18.2 Å². The second-order valence-corrected chi connectivity index (χ2v) is 5.23. The fourth-order valence-electron chi connectivity index (χ4n) is 3.56. The smallest absolute Gasteiger partial charge is 0.134 e. The van der Waals surface area contributed by atoms with Crippen LogP contribution in [0.3, 0.4) is 0 Å². The maximum Gasteiger partial charge on any atom is 0.134 e. The van der Waals surface area contributed by atoms with Crippen LogP contribution in [0.5, 0.6) is 0 Å². The summed E-state index contributed by atoms with van der Waals surface area (Å²) >= 11 is 0. The molecule has 0 radical (unpaired) electrons. The molecule has 0 aliphatic heterocycles. The van der Waals surface area contributed by atoms with Crippen LogP contribution in [0.1, 0.15) is 25.0 Å². The molecule has 0 bridgehead atoms. The van der Waals surface area contributed by atoms with Gasteiger partial charge in [-0.25, -0.2) is 0 Å². The lowest BCUT2D eigenvalue weighted by molar-refractivity contribution is 0.418. The van der Waals surface area contributed by atoms with Crippen molar-refractivity contribution >= 4 is 11.0 Å². The zero-order chi connectivity index (χ0) is 10.8. The van der Waals surface area contributed by atoms with Gasteiger partial charge in [0.25, 0.3) is 0 Å². The van der Waals surface area contributed by atoms with Crippen LogP contribution in [-0.2, 0) is 5.54 Å². The first-order chi connectivity index (χ1) is 7.80. The maximum atomic E-state index is 6.49. The molecule has 2 fully saturated rings. The number of nitrogens with two attached hydrogens (primary N) is 1. The van der Waals surface area contributed by atoms with Crippen LogP contribution in [0.25, 0.3) is 11.0 Å². The standard InChI is InChI=1S/C14H15NO/c15-14(10-5-3-6-11(10)14)13-8-9-4-1-2-7-12(9)16-13/h1-2,4,7-8,10-11H,3,5-6,15H2. The van der Waals surface area contributed by atoms with E-state index < -0.39 is 0 Å². The van der Waals surface area contributed by atoms with Gasteiger partial charge in [0.15, 0.2) is 0 Å². The van der Waals surface area contributed by atoms with Gasteiger partial charge in [-0.15, -0.1) is 0 Å². The van der Waals surface area contributed by atoms with E-state index in [9.17, 15) is 0 Å². The highest BCUT2D eigenvalue weighted by Crippen LogP contribution is 2.64.